The third-order valence-electron chi connectivity index (χ3n) is 2.96. The number of carbonyl (C=O) groups excluding carboxylic acids is 1. The van der Waals surface area contributed by atoms with Crippen molar-refractivity contribution in [2.45, 2.75) is 39.2 Å². The lowest BCUT2D eigenvalue weighted by Crippen LogP contribution is -2.37. The summed E-state index contributed by atoms with van der Waals surface area (Å²) in [6.07, 6.45) is 0.575. The molecule has 0 atom stereocenters. The molecule has 88 valence electrons. The van der Waals surface area contributed by atoms with E-state index in [0.717, 1.165) is 5.56 Å². The zero-order chi connectivity index (χ0) is 12.3. The number of rotatable bonds is 4. The molecule has 0 amide bonds. The lowest BCUT2D eigenvalue weighted by molar-refractivity contribution is 0.0273. The highest BCUT2D eigenvalue weighted by atomic mass is 19.1. The molecule has 1 rings (SSSR count). The number of halogens is 1. The normalized spacial score (nSPS) is 11.6. The number of carbonyl (C=O) groups is 1. The molecule has 0 aromatic heterocycles. The van der Waals surface area contributed by atoms with Crippen LogP contribution in [0.25, 0.3) is 0 Å². The van der Waals surface area contributed by atoms with Crippen molar-refractivity contribution in [1.29, 1.82) is 0 Å². The van der Waals surface area contributed by atoms with Gasteiger partial charge in [-0.15, -0.1) is 0 Å². The Balaban J connectivity index is 3.18. The van der Waals surface area contributed by atoms with Crippen molar-refractivity contribution in [2.75, 3.05) is 0 Å². The third kappa shape index (κ3) is 2.30. The fourth-order valence-electron chi connectivity index (χ4n) is 1.63. The average molecular weight is 224 g/mol. The van der Waals surface area contributed by atoms with E-state index in [1.807, 2.05) is 0 Å². The molecule has 0 heterocycles. The van der Waals surface area contributed by atoms with E-state index in [-0.39, 0.29) is 18.4 Å². The number of Topliss-reactive ketones (excluding diaryl/α,β-unsaturated/α-hetero) is 1. The number of ketones is 1. The summed E-state index contributed by atoms with van der Waals surface area (Å²) in [5.41, 5.74) is -0.667. The molecular formula is C13H17FO2. The highest BCUT2D eigenvalue weighted by molar-refractivity contribution is 6.02. The van der Waals surface area contributed by atoms with Gasteiger partial charge in [-0.3, -0.25) is 4.79 Å². The summed E-state index contributed by atoms with van der Waals surface area (Å²) >= 11 is 0. The minimum Gasteiger partial charge on any atom is -0.382 e. The Morgan fingerprint density at radius 1 is 1.38 bits per heavy atom. The number of aryl methyl sites for hydroxylation is 1. The van der Waals surface area contributed by atoms with E-state index in [0.29, 0.717) is 0 Å². The Morgan fingerprint density at radius 3 is 2.44 bits per heavy atom. The molecule has 1 aromatic carbocycles. The van der Waals surface area contributed by atoms with Crippen molar-refractivity contribution in [1.82, 2.24) is 0 Å². The second kappa shape index (κ2) is 4.74. The van der Waals surface area contributed by atoms with Gasteiger partial charge < -0.3 is 5.11 Å². The Bertz CT molecular complexity index is 395. The quantitative estimate of drug-likeness (QED) is 0.798. The van der Waals surface area contributed by atoms with Gasteiger partial charge in [0.25, 0.3) is 0 Å². The van der Waals surface area contributed by atoms with Gasteiger partial charge in [-0.25, -0.2) is 4.39 Å². The van der Waals surface area contributed by atoms with Gasteiger partial charge in [-0.1, -0.05) is 25.5 Å². The second-order valence-corrected chi connectivity index (χ2v) is 4.05. The zero-order valence-corrected chi connectivity index (χ0v) is 9.88. The highest BCUT2D eigenvalue weighted by Crippen LogP contribution is 2.23. The standard InChI is InChI=1S/C13H17FO2/c1-4-13(16,5-2)12(15)10-8-9(3)6-7-11(10)14/h6-8,16H,4-5H2,1-3H3. The van der Waals surface area contributed by atoms with Crippen LogP contribution in [0.4, 0.5) is 4.39 Å². The maximum atomic E-state index is 13.5. The second-order valence-electron chi connectivity index (χ2n) is 4.05. The van der Waals surface area contributed by atoms with Gasteiger partial charge in [0, 0.05) is 0 Å². The summed E-state index contributed by atoms with van der Waals surface area (Å²) in [6.45, 7) is 5.22. The molecule has 1 aromatic rings. The summed E-state index contributed by atoms with van der Waals surface area (Å²) in [6, 6.07) is 4.34. The Kier molecular flexibility index (Phi) is 3.81. The van der Waals surface area contributed by atoms with E-state index in [1.165, 1.54) is 12.1 Å². The van der Waals surface area contributed by atoms with Crippen molar-refractivity contribution < 1.29 is 14.3 Å². The average Bonchev–Trinajstić information content (AvgIpc) is 2.30. The summed E-state index contributed by atoms with van der Waals surface area (Å²) in [5, 5.41) is 10.0. The number of aliphatic hydroxyl groups is 1. The number of hydrogen-bond acceptors (Lipinski definition) is 2. The minimum atomic E-state index is -1.45. The molecule has 0 radical (unpaired) electrons. The van der Waals surface area contributed by atoms with Gasteiger partial charge in [-0.2, -0.15) is 0 Å². The SMILES string of the molecule is CCC(O)(CC)C(=O)c1cc(C)ccc1F. The van der Waals surface area contributed by atoms with Gasteiger partial charge in [0.2, 0.25) is 0 Å². The van der Waals surface area contributed by atoms with Gasteiger partial charge in [0.1, 0.15) is 11.4 Å². The fourth-order valence-corrected chi connectivity index (χ4v) is 1.63. The van der Waals surface area contributed by atoms with E-state index in [1.54, 1.807) is 26.8 Å². The van der Waals surface area contributed by atoms with E-state index < -0.39 is 17.2 Å². The molecule has 0 spiro atoms. The predicted octanol–water partition coefficient (Wildman–Crippen LogP) is 2.87. The molecule has 2 nitrogen and oxygen atoms in total. The van der Waals surface area contributed by atoms with Crippen molar-refractivity contribution in [2.24, 2.45) is 0 Å². The lowest BCUT2D eigenvalue weighted by atomic mass is 9.87. The van der Waals surface area contributed by atoms with Crippen LogP contribution in [0.5, 0.6) is 0 Å². The Hall–Kier alpha value is -1.22. The Labute approximate surface area is 95.1 Å². The zero-order valence-electron chi connectivity index (χ0n) is 9.88. The lowest BCUT2D eigenvalue weighted by Gasteiger charge is -2.23. The summed E-state index contributed by atoms with van der Waals surface area (Å²) in [5.74, 6) is -1.10. The molecule has 3 heteroatoms. The molecule has 16 heavy (non-hydrogen) atoms. The molecule has 0 saturated carbocycles. The van der Waals surface area contributed by atoms with E-state index >= 15 is 0 Å². The van der Waals surface area contributed by atoms with Crippen LogP contribution in [-0.2, 0) is 0 Å². The highest BCUT2D eigenvalue weighted by Gasteiger charge is 2.34. The minimum absolute atomic E-state index is 0.0220. The first-order valence-electron chi connectivity index (χ1n) is 5.48. The van der Waals surface area contributed by atoms with E-state index in [9.17, 15) is 14.3 Å². The van der Waals surface area contributed by atoms with Crippen LogP contribution in [0, 0.1) is 12.7 Å². The van der Waals surface area contributed by atoms with Crippen molar-refractivity contribution in [3.63, 3.8) is 0 Å². The van der Waals surface area contributed by atoms with Crippen LogP contribution in [0.3, 0.4) is 0 Å². The van der Waals surface area contributed by atoms with Crippen molar-refractivity contribution >= 4 is 5.78 Å². The van der Waals surface area contributed by atoms with Crippen molar-refractivity contribution in [3.05, 3.63) is 35.1 Å². The predicted molar refractivity (Wildman–Crippen MR) is 61.0 cm³/mol. The van der Waals surface area contributed by atoms with E-state index in [2.05, 4.69) is 0 Å². The van der Waals surface area contributed by atoms with Crippen LogP contribution in [0.15, 0.2) is 18.2 Å². The van der Waals surface area contributed by atoms with Crippen LogP contribution in [0.1, 0.15) is 42.6 Å². The summed E-state index contributed by atoms with van der Waals surface area (Å²) in [4.78, 5) is 12.0. The largest absolute Gasteiger partial charge is 0.382 e. The summed E-state index contributed by atoms with van der Waals surface area (Å²) < 4.78 is 13.5. The fraction of sp³-hybridized carbons (Fsp3) is 0.462. The smallest absolute Gasteiger partial charge is 0.197 e. The maximum absolute atomic E-state index is 13.5. The summed E-state index contributed by atoms with van der Waals surface area (Å²) in [7, 11) is 0. The third-order valence-corrected chi connectivity index (χ3v) is 2.96. The van der Waals surface area contributed by atoms with Gasteiger partial charge >= 0.3 is 0 Å². The van der Waals surface area contributed by atoms with Crippen molar-refractivity contribution in [3.8, 4) is 0 Å². The first kappa shape index (κ1) is 12.8. The number of benzene rings is 1. The molecule has 0 saturated heterocycles. The van der Waals surface area contributed by atoms with Gasteiger partial charge in [-0.05, 0) is 31.9 Å². The molecule has 0 aliphatic carbocycles. The first-order chi connectivity index (χ1) is 7.44. The molecule has 1 N–H and O–H groups in total. The molecule has 0 fully saturated rings. The monoisotopic (exact) mass is 224 g/mol. The Morgan fingerprint density at radius 2 is 1.94 bits per heavy atom. The molecular weight excluding hydrogens is 207 g/mol. The van der Waals surface area contributed by atoms with Crippen LogP contribution >= 0.6 is 0 Å². The number of hydrogen-bond donors (Lipinski definition) is 1. The van der Waals surface area contributed by atoms with Crippen LogP contribution < -0.4 is 0 Å². The van der Waals surface area contributed by atoms with E-state index in [4.69, 9.17) is 0 Å². The maximum Gasteiger partial charge on any atom is 0.197 e. The van der Waals surface area contributed by atoms with Crippen LogP contribution in [-0.4, -0.2) is 16.5 Å². The molecule has 0 bridgehead atoms. The molecule has 0 unspecified atom stereocenters. The molecule has 0 aliphatic heterocycles. The molecule has 0 aliphatic rings. The van der Waals surface area contributed by atoms with Crippen LogP contribution in [0.2, 0.25) is 0 Å². The topological polar surface area (TPSA) is 37.3 Å². The first-order valence-corrected chi connectivity index (χ1v) is 5.48. The van der Waals surface area contributed by atoms with Gasteiger partial charge in [0.15, 0.2) is 5.78 Å². The van der Waals surface area contributed by atoms with Gasteiger partial charge in [0.05, 0.1) is 5.56 Å².